The smallest absolute Gasteiger partial charge is 0.230 e. The molecule has 21 heavy (non-hydrogen) atoms. The second-order valence-electron chi connectivity index (χ2n) is 4.71. The van der Waals surface area contributed by atoms with Crippen LogP contribution in [0.1, 0.15) is 31.5 Å². The summed E-state index contributed by atoms with van der Waals surface area (Å²) in [7, 11) is 0. The first-order valence-corrected chi connectivity index (χ1v) is 7.66. The van der Waals surface area contributed by atoms with Gasteiger partial charge in [0.1, 0.15) is 11.6 Å². The summed E-state index contributed by atoms with van der Waals surface area (Å²) in [5.41, 5.74) is 5.64. The van der Waals surface area contributed by atoms with E-state index in [9.17, 15) is 4.79 Å². The van der Waals surface area contributed by atoms with Gasteiger partial charge in [-0.1, -0.05) is 11.8 Å². The molecule has 1 amide bonds. The third-order valence-electron chi connectivity index (χ3n) is 2.81. The van der Waals surface area contributed by atoms with Crippen molar-refractivity contribution in [2.24, 2.45) is 5.73 Å². The van der Waals surface area contributed by atoms with Crippen LogP contribution in [0.3, 0.4) is 0 Å². The molecule has 0 aliphatic heterocycles. The van der Waals surface area contributed by atoms with Gasteiger partial charge in [0.05, 0.1) is 25.1 Å². The first-order valence-electron chi connectivity index (χ1n) is 6.67. The summed E-state index contributed by atoms with van der Waals surface area (Å²) in [6, 6.07) is 3.80. The maximum Gasteiger partial charge on any atom is 0.230 e. The second-order valence-corrected chi connectivity index (χ2v) is 5.65. The Kier molecular flexibility index (Phi) is 5.40. The minimum Gasteiger partial charge on any atom is -0.467 e. The molecule has 2 aromatic rings. The van der Waals surface area contributed by atoms with Crippen molar-refractivity contribution in [1.29, 1.82) is 0 Å². The molecule has 2 heterocycles. The van der Waals surface area contributed by atoms with Crippen LogP contribution in [0.15, 0.2) is 28.0 Å². The molecule has 7 nitrogen and oxygen atoms in total. The van der Waals surface area contributed by atoms with Crippen molar-refractivity contribution >= 4 is 17.7 Å². The Morgan fingerprint density at radius 2 is 2.33 bits per heavy atom. The number of nitrogens with one attached hydrogen (secondary N) is 1. The lowest BCUT2D eigenvalue weighted by atomic mass is 10.4. The van der Waals surface area contributed by atoms with Crippen molar-refractivity contribution in [1.82, 2.24) is 20.1 Å². The van der Waals surface area contributed by atoms with Gasteiger partial charge in [-0.2, -0.15) is 0 Å². The highest BCUT2D eigenvalue weighted by Gasteiger charge is 2.15. The number of hydrogen-bond acceptors (Lipinski definition) is 6. The summed E-state index contributed by atoms with van der Waals surface area (Å²) in [6.45, 7) is 4.78. The molecule has 0 aromatic carbocycles. The number of hydrogen-bond donors (Lipinski definition) is 2. The maximum atomic E-state index is 11.8. The van der Waals surface area contributed by atoms with Gasteiger partial charge >= 0.3 is 0 Å². The zero-order valence-corrected chi connectivity index (χ0v) is 12.9. The van der Waals surface area contributed by atoms with Crippen LogP contribution in [-0.4, -0.2) is 26.4 Å². The average Bonchev–Trinajstić information content (AvgIpc) is 3.11. The Hall–Kier alpha value is -1.80. The second kappa shape index (κ2) is 7.28. The number of furan rings is 1. The average molecular weight is 309 g/mol. The van der Waals surface area contributed by atoms with E-state index in [0.717, 1.165) is 11.6 Å². The number of carbonyl (C=O) groups excluding carboxylic acids is 1. The molecule has 3 N–H and O–H groups in total. The number of nitrogens with zero attached hydrogens (tertiary/aromatic N) is 3. The van der Waals surface area contributed by atoms with Gasteiger partial charge in [0, 0.05) is 6.04 Å². The zero-order valence-electron chi connectivity index (χ0n) is 12.1. The first-order chi connectivity index (χ1) is 10.1. The number of carbonyl (C=O) groups is 1. The monoisotopic (exact) mass is 309 g/mol. The number of rotatable bonds is 7. The standard InChI is InChI=1S/C13H19N5O2S/c1-9(2)18-11(6-14)16-17-13(18)21-8-12(19)15-7-10-4-3-5-20-10/h3-5,9H,6-8,14H2,1-2H3,(H,15,19). The predicted molar refractivity (Wildman–Crippen MR) is 79.6 cm³/mol. The Morgan fingerprint density at radius 3 is 2.95 bits per heavy atom. The summed E-state index contributed by atoms with van der Waals surface area (Å²) in [4.78, 5) is 11.8. The third-order valence-corrected chi connectivity index (χ3v) is 3.75. The van der Waals surface area contributed by atoms with Crippen LogP contribution in [0.2, 0.25) is 0 Å². The van der Waals surface area contributed by atoms with Crippen LogP contribution < -0.4 is 11.1 Å². The molecule has 0 saturated heterocycles. The summed E-state index contributed by atoms with van der Waals surface area (Å²) >= 11 is 1.35. The van der Waals surface area contributed by atoms with Gasteiger partial charge in [0.25, 0.3) is 0 Å². The highest BCUT2D eigenvalue weighted by atomic mass is 32.2. The molecule has 0 aliphatic carbocycles. The number of thioether (sulfide) groups is 1. The van der Waals surface area contributed by atoms with E-state index in [1.807, 2.05) is 24.5 Å². The largest absolute Gasteiger partial charge is 0.467 e. The molecule has 0 saturated carbocycles. The van der Waals surface area contributed by atoms with E-state index >= 15 is 0 Å². The van der Waals surface area contributed by atoms with Crippen molar-refractivity contribution < 1.29 is 9.21 Å². The Balaban J connectivity index is 1.87. The van der Waals surface area contributed by atoms with Crippen molar-refractivity contribution in [2.75, 3.05) is 5.75 Å². The van der Waals surface area contributed by atoms with Crippen LogP contribution in [0, 0.1) is 0 Å². The molecule has 0 spiro atoms. The van der Waals surface area contributed by atoms with Crippen LogP contribution >= 0.6 is 11.8 Å². The Morgan fingerprint density at radius 1 is 1.52 bits per heavy atom. The SMILES string of the molecule is CC(C)n1c(CN)nnc1SCC(=O)NCc1ccco1. The van der Waals surface area contributed by atoms with E-state index in [1.165, 1.54) is 11.8 Å². The van der Waals surface area contributed by atoms with Gasteiger partial charge in [0.2, 0.25) is 5.91 Å². The van der Waals surface area contributed by atoms with E-state index in [0.29, 0.717) is 18.2 Å². The van der Waals surface area contributed by atoms with E-state index in [-0.39, 0.29) is 17.7 Å². The quantitative estimate of drug-likeness (QED) is 0.748. The minimum absolute atomic E-state index is 0.0796. The molecule has 0 fully saturated rings. The zero-order chi connectivity index (χ0) is 15.2. The van der Waals surface area contributed by atoms with Gasteiger partial charge in [-0.05, 0) is 26.0 Å². The number of nitrogens with two attached hydrogens (primary N) is 1. The lowest BCUT2D eigenvalue weighted by molar-refractivity contribution is -0.118. The summed E-state index contributed by atoms with van der Waals surface area (Å²) < 4.78 is 7.10. The summed E-state index contributed by atoms with van der Waals surface area (Å²) in [5, 5.41) is 11.6. The molecule has 0 aliphatic rings. The normalized spacial score (nSPS) is 11.0. The lowest BCUT2D eigenvalue weighted by Crippen LogP contribution is -2.24. The molecule has 2 aromatic heterocycles. The van der Waals surface area contributed by atoms with Gasteiger partial charge in [0.15, 0.2) is 5.16 Å². The van der Waals surface area contributed by atoms with Gasteiger partial charge in [-0.15, -0.1) is 10.2 Å². The maximum absolute atomic E-state index is 11.8. The Bertz CT molecular complexity index is 579. The minimum atomic E-state index is -0.0796. The van der Waals surface area contributed by atoms with Gasteiger partial charge < -0.3 is 20.0 Å². The topological polar surface area (TPSA) is 99.0 Å². The molecule has 0 atom stereocenters. The van der Waals surface area contributed by atoms with Crippen molar-refractivity contribution in [2.45, 2.75) is 38.1 Å². The molecule has 114 valence electrons. The van der Waals surface area contributed by atoms with Crippen LogP contribution in [0.5, 0.6) is 0 Å². The summed E-state index contributed by atoms with van der Waals surface area (Å²) in [5.74, 6) is 1.65. The van der Waals surface area contributed by atoms with E-state index in [2.05, 4.69) is 15.5 Å². The predicted octanol–water partition coefficient (Wildman–Crippen LogP) is 1.32. The fourth-order valence-corrected chi connectivity index (χ4v) is 2.76. The molecule has 0 radical (unpaired) electrons. The molecular weight excluding hydrogens is 290 g/mol. The Labute approximate surface area is 127 Å². The molecule has 0 bridgehead atoms. The summed E-state index contributed by atoms with van der Waals surface area (Å²) in [6.07, 6.45) is 1.58. The van der Waals surface area contributed by atoms with E-state index in [4.69, 9.17) is 10.2 Å². The van der Waals surface area contributed by atoms with Crippen molar-refractivity contribution in [3.05, 3.63) is 30.0 Å². The van der Waals surface area contributed by atoms with Crippen LogP contribution in [0.25, 0.3) is 0 Å². The highest BCUT2D eigenvalue weighted by molar-refractivity contribution is 7.99. The molecule has 2 rings (SSSR count). The van der Waals surface area contributed by atoms with Crippen molar-refractivity contribution in [3.8, 4) is 0 Å². The van der Waals surface area contributed by atoms with Crippen LogP contribution in [0.4, 0.5) is 0 Å². The first kappa shape index (κ1) is 15.6. The van der Waals surface area contributed by atoms with Gasteiger partial charge in [-0.25, -0.2) is 0 Å². The molecule has 8 heteroatoms. The number of amides is 1. The van der Waals surface area contributed by atoms with Gasteiger partial charge in [-0.3, -0.25) is 4.79 Å². The van der Waals surface area contributed by atoms with E-state index in [1.54, 1.807) is 12.3 Å². The number of aromatic nitrogens is 3. The fraction of sp³-hybridized carbons (Fsp3) is 0.462. The lowest BCUT2D eigenvalue weighted by Gasteiger charge is -2.12. The molecule has 0 unspecified atom stereocenters. The molecular formula is C13H19N5O2S. The fourth-order valence-electron chi connectivity index (χ4n) is 1.84. The third kappa shape index (κ3) is 4.08. The van der Waals surface area contributed by atoms with Crippen molar-refractivity contribution in [3.63, 3.8) is 0 Å². The van der Waals surface area contributed by atoms with Crippen LogP contribution in [-0.2, 0) is 17.9 Å². The van der Waals surface area contributed by atoms with E-state index < -0.39 is 0 Å². The highest BCUT2D eigenvalue weighted by Crippen LogP contribution is 2.21.